The highest BCUT2D eigenvalue weighted by molar-refractivity contribution is 7.89. The molecule has 1 atom stereocenters. The summed E-state index contributed by atoms with van der Waals surface area (Å²) in [5, 5.41) is 2.66. The predicted octanol–water partition coefficient (Wildman–Crippen LogP) is 3.92. The summed E-state index contributed by atoms with van der Waals surface area (Å²) in [6, 6.07) is 11.1. The van der Waals surface area contributed by atoms with E-state index in [0.29, 0.717) is 36.6 Å². The topological polar surface area (TPSA) is 120 Å². The van der Waals surface area contributed by atoms with Gasteiger partial charge in [0, 0.05) is 13.6 Å². The number of amides is 1. The molecule has 0 heterocycles. The molecule has 0 fully saturated rings. The Hall–Kier alpha value is -3.75. The van der Waals surface area contributed by atoms with Crippen molar-refractivity contribution in [1.82, 2.24) is 9.62 Å². The summed E-state index contributed by atoms with van der Waals surface area (Å²) in [6.07, 6.45) is 0.0497. The van der Waals surface area contributed by atoms with Gasteiger partial charge >= 0.3 is 12.1 Å². The summed E-state index contributed by atoms with van der Waals surface area (Å²) in [4.78, 5) is 24.3. The third-order valence-electron chi connectivity index (χ3n) is 5.23. The molecule has 0 saturated carbocycles. The van der Waals surface area contributed by atoms with Gasteiger partial charge in [0.15, 0.2) is 0 Å². The summed E-state index contributed by atoms with van der Waals surface area (Å²) in [7, 11) is -1.54. The van der Waals surface area contributed by atoms with Crippen molar-refractivity contribution in [3.63, 3.8) is 0 Å². The van der Waals surface area contributed by atoms with Crippen LogP contribution in [0, 0.1) is 11.8 Å². The maximum atomic E-state index is 13.3. The molecular formula is C28H36N2O8S. The quantitative estimate of drug-likeness (QED) is 0.236. The van der Waals surface area contributed by atoms with E-state index >= 15 is 0 Å². The second-order valence-electron chi connectivity index (χ2n) is 9.33. The molecule has 1 N–H and O–H groups in total. The van der Waals surface area contributed by atoms with Crippen molar-refractivity contribution in [2.24, 2.45) is 0 Å². The van der Waals surface area contributed by atoms with Crippen LogP contribution in [0.3, 0.4) is 0 Å². The summed E-state index contributed by atoms with van der Waals surface area (Å²) in [5.41, 5.74) is -0.161. The smallest absolute Gasteiger partial charge is 0.407 e. The molecule has 1 unspecified atom stereocenters. The van der Waals surface area contributed by atoms with Gasteiger partial charge in [-0.15, -0.1) is 5.92 Å². The summed E-state index contributed by atoms with van der Waals surface area (Å²) < 4.78 is 48.8. The predicted molar refractivity (Wildman–Crippen MR) is 146 cm³/mol. The lowest BCUT2D eigenvalue weighted by Crippen LogP contribution is -2.36. The number of carbonyl (C=O) groups is 2. The molecule has 0 bridgehead atoms. The highest BCUT2D eigenvalue weighted by atomic mass is 32.2. The van der Waals surface area contributed by atoms with Crippen LogP contribution in [0.4, 0.5) is 4.79 Å². The first-order chi connectivity index (χ1) is 18.4. The first-order valence-corrected chi connectivity index (χ1v) is 13.7. The lowest BCUT2D eigenvalue weighted by molar-refractivity contribution is -0.145. The number of hydrogen-bond donors (Lipinski definition) is 1. The number of hydrogen-bond acceptors (Lipinski definition) is 8. The monoisotopic (exact) mass is 560 g/mol. The average Bonchev–Trinajstić information content (AvgIpc) is 2.88. The molecule has 0 aromatic heterocycles. The van der Waals surface area contributed by atoms with Gasteiger partial charge in [-0.2, -0.15) is 4.31 Å². The molecule has 2 rings (SSSR count). The van der Waals surface area contributed by atoms with Crippen molar-refractivity contribution >= 4 is 22.1 Å². The van der Waals surface area contributed by atoms with E-state index in [4.69, 9.17) is 18.9 Å². The highest BCUT2D eigenvalue weighted by Crippen LogP contribution is 2.29. The molecule has 10 nitrogen and oxygen atoms in total. The van der Waals surface area contributed by atoms with E-state index in [1.165, 1.54) is 38.4 Å². The fraction of sp³-hybridized carbons (Fsp3) is 0.429. The molecule has 0 radical (unpaired) electrons. The molecule has 1 amide bonds. The number of rotatable bonds is 12. The lowest BCUT2D eigenvalue weighted by Gasteiger charge is -2.26. The maximum absolute atomic E-state index is 13.3. The third kappa shape index (κ3) is 9.81. The Balaban J connectivity index is 2.05. The van der Waals surface area contributed by atoms with E-state index in [1.807, 2.05) is 0 Å². The van der Waals surface area contributed by atoms with Crippen molar-refractivity contribution in [2.75, 3.05) is 33.9 Å². The third-order valence-corrected chi connectivity index (χ3v) is 7.07. The van der Waals surface area contributed by atoms with Gasteiger partial charge in [-0.05, 0) is 76.1 Å². The Kier molecular flexibility index (Phi) is 11.6. The average molecular weight is 561 g/mol. The van der Waals surface area contributed by atoms with Crippen molar-refractivity contribution in [3.8, 4) is 23.3 Å². The Labute approximate surface area is 230 Å². The number of alkyl carbamates (subject to hydrolysis) is 1. The van der Waals surface area contributed by atoms with Crippen molar-refractivity contribution < 1.29 is 37.0 Å². The van der Waals surface area contributed by atoms with Crippen molar-refractivity contribution in [2.45, 2.75) is 50.7 Å². The number of esters is 1. The van der Waals surface area contributed by atoms with Crippen LogP contribution >= 0.6 is 0 Å². The molecule has 0 spiro atoms. The van der Waals surface area contributed by atoms with Gasteiger partial charge in [0.2, 0.25) is 10.0 Å². The van der Waals surface area contributed by atoms with Crippen LogP contribution in [0.1, 0.15) is 45.7 Å². The number of methoxy groups -OCH3 is 1. The van der Waals surface area contributed by atoms with Crippen LogP contribution in [0.5, 0.6) is 11.5 Å². The van der Waals surface area contributed by atoms with Crippen LogP contribution < -0.4 is 14.8 Å². The Morgan fingerprint density at radius 2 is 1.59 bits per heavy atom. The molecule has 0 aliphatic carbocycles. The largest absolute Gasteiger partial charge is 0.494 e. The van der Waals surface area contributed by atoms with E-state index in [1.54, 1.807) is 52.0 Å². The number of nitrogens with one attached hydrogen (secondary N) is 1. The van der Waals surface area contributed by atoms with Gasteiger partial charge in [0.1, 0.15) is 29.7 Å². The van der Waals surface area contributed by atoms with Gasteiger partial charge in [0.25, 0.3) is 0 Å². The Bertz CT molecular complexity index is 1260. The molecule has 11 heteroatoms. The highest BCUT2D eigenvalue weighted by Gasteiger charge is 2.35. The molecule has 212 valence electrons. The molecule has 2 aromatic carbocycles. The Morgan fingerprint density at radius 1 is 1.00 bits per heavy atom. The van der Waals surface area contributed by atoms with Crippen LogP contribution in [-0.4, -0.2) is 64.3 Å². The fourth-order valence-electron chi connectivity index (χ4n) is 3.32. The van der Waals surface area contributed by atoms with Gasteiger partial charge in [-0.25, -0.2) is 18.0 Å². The van der Waals surface area contributed by atoms with Gasteiger partial charge in [-0.1, -0.05) is 18.1 Å². The van der Waals surface area contributed by atoms with E-state index in [2.05, 4.69) is 17.2 Å². The van der Waals surface area contributed by atoms with Crippen LogP contribution in [0.15, 0.2) is 53.4 Å². The number of carbonyl (C=O) groups excluding carboxylic acids is 2. The Morgan fingerprint density at radius 3 is 2.15 bits per heavy atom. The van der Waals surface area contributed by atoms with Crippen LogP contribution in [-0.2, 0) is 24.3 Å². The van der Waals surface area contributed by atoms with E-state index in [0.717, 1.165) is 4.31 Å². The number of ether oxygens (including phenoxy) is 4. The zero-order chi connectivity index (χ0) is 29.1. The van der Waals surface area contributed by atoms with Crippen LogP contribution in [0.25, 0.3) is 0 Å². The van der Waals surface area contributed by atoms with Crippen molar-refractivity contribution in [1.29, 1.82) is 0 Å². The molecule has 39 heavy (non-hydrogen) atoms. The zero-order valence-corrected chi connectivity index (χ0v) is 24.0. The van der Waals surface area contributed by atoms with E-state index < -0.39 is 33.7 Å². The molecular weight excluding hydrogens is 524 g/mol. The first-order valence-electron chi connectivity index (χ1n) is 12.3. The minimum Gasteiger partial charge on any atom is -0.494 e. The SMILES string of the molecule is CC#CCOc1ccc(S(=O)(=O)N(C)C(C(=O)OC)c2ccc(OCCCNC(=O)OC(C)(C)C)cc2)cc1. The van der Waals surface area contributed by atoms with Crippen LogP contribution in [0.2, 0.25) is 0 Å². The summed E-state index contributed by atoms with van der Waals surface area (Å²) in [6.45, 7) is 7.95. The van der Waals surface area contributed by atoms with Crippen molar-refractivity contribution in [3.05, 3.63) is 54.1 Å². The summed E-state index contributed by atoms with van der Waals surface area (Å²) >= 11 is 0. The number of nitrogens with zero attached hydrogens (tertiary/aromatic N) is 1. The van der Waals surface area contributed by atoms with E-state index in [9.17, 15) is 18.0 Å². The maximum Gasteiger partial charge on any atom is 0.407 e. The number of benzene rings is 2. The van der Waals surface area contributed by atoms with Gasteiger partial charge < -0.3 is 24.3 Å². The molecule has 0 aliphatic heterocycles. The first kappa shape index (κ1) is 31.5. The molecule has 0 aliphatic rings. The van der Waals surface area contributed by atoms with Gasteiger partial charge in [-0.3, -0.25) is 0 Å². The number of sulfonamides is 1. The lowest BCUT2D eigenvalue weighted by atomic mass is 10.1. The minimum absolute atomic E-state index is 0.00669. The summed E-state index contributed by atoms with van der Waals surface area (Å²) in [5.74, 6) is 5.74. The standard InChI is InChI=1S/C28H36N2O8S/c1-7-8-19-36-23-14-16-24(17-15-23)39(33,34)30(5)25(26(31)35-6)21-10-12-22(13-11-21)37-20-9-18-29-27(32)38-28(2,3)4/h10-17,25H,9,18-20H2,1-6H3,(H,29,32). The molecule has 0 saturated heterocycles. The molecule has 2 aromatic rings. The fourth-order valence-corrected chi connectivity index (χ4v) is 4.62. The van der Waals surface area contributed by atoms with E-state index in [-0.39, 0.29) is 11.5 Å². The second kappa shape index (κ2) is 14.4. The number of likely N-dealkylation sites (N-methyl/N-ethyl adjacent to an activating group) is 1. The second-order valence-corrected chi connectivity index (χ2v) is 11.3. The normalized spacial score (nSPS) is 12.1. The zero-order valence-electron chi connectivity index (χ0n) is 23.1. The minimum atomic E-state index is -4.06. The van der Waals surface area contributed by atoms with Gasteiger partial charge in [0.05, 0.1) is 18.6 Å².